The second kappa shape index (κ2) is 9.67. The van der Waals surface area contributed by atoms with Gasteiger partial charge in [0.2, 0.25) is 0 Å². The molecule has 11 heteroatoms. The van der Waals surface area contributed by atoms with Crippen molar-refractivity contribution >= 4 is 34.1 Å². The Balaban J connectivity index is 1.69. The summed E-state index contributed by atoms with van der Waals surface area (Å²) >= 11 is 0. The van der Waals surface area contributed by atoms with E-state index in [2.05, 4.69) is 25.7 Å². The maximum Gasteiger partial charge on any atom is 0.252 e. The fourth-order valence-corrected chi connectivity index (χ4v) is 4.08. The number of primary amides is 1. The summed E-state index contributed by atoms with van der Waals surface area (Å²) in [5.74, 6) is -0.957. The third-order valence-corrected chi connectivity index (χ3v) is 6.10. The predicted octanol–water partition coefficient (Wildman–Crippen LogP) is 2.38. The number of pyridine rings is 2. The summed E-state index contributed by atoms with van der Waals surface area (Å²) in [6, 6.07) is 0.769. The van der Waals surface area contributed by atoms with Crippen molar-refractivity contribution in [1.29, 1.82) is 0 Å². The van der Waals surface area contributed by atoms with E-state index in [1.807, 2.05) is 6.92 Å². The Morgan fingerprint density at radius 3 is 2.76 bits per heavy atom. The Morgan fingerprint density at radius 1 is 1.33 bits per heavy atom. The van der Waals surface area contributed by atoms with Crippen molar-refractivity contribution < 1.29 is 13.9 Å². The van der Waals surface area contributed by atoms with Gasteiger partial charge in [-0.25, -0.2) is 9.37 Å². The number of nitrogens with two attached hydrogens (primary N) is 2. The molecule has 0 radical (unpaired) electrons. The second-order valence-electron chi connectivity index (χ2n) is 8.40. The Bertz CT molecular complexity index is 1140. The largest absolute Gasteiger partial charge is 0.383 e. The van der Waals surface area contributed by atoms with Crippen molar-refractivity contribution in [2.75, 3.05) is 24.4 Å². The van der Waals surface area contributed by atoms with E-state index >= 15 is 0 Å². The van der Waals surface area contributed by atoms with Crippen molar-refractivity contribution in [2.45, 2.75) is 44.8 Å². The molecule has 0 aliphatic heterocycles. The molecule has 3 aromatic heterocycles. The lowest BCUT2D eigenvalue weighted by Gasteiger charge is -2.37. The van der Waals surface area contributed by atoms with Gasteiger partial charge in [0.25, 0.3) is 5.91 Å². The molecular formula is C22H29FN8O2. The standard InChI is InChI=1S/C22H29FN8O2/c1-12(24)19(13-4-3-5-13)29-22-16(23)8-14(20(25)32)21(30-22)28-17-10-26-11-18-15(17)9-27-31(18)6-7-33-2/h8-13,19H,3-7,24H2,1-2H3,(H2,25,32)(H2,28,29,30)/t12-,19-/m0/s1. The average Bonchev–Trinajstić information content (AvgIpc) is 3.16. The van der Waals surface area contributed by atoms with Gasteiger partial charge in [0, 0.05) is 24.6 Å². The summed E-state index contributed by atoms with van der Waals surface area (Å²) in [6.07, 6.45) is 8.16. The maximum absolute atomic E-state index is 14.9. The highest BCUT2D eigenvalue weighted by Crippen LogP contribution is 2.34. The van der Waals surface area contributed by atoms with Crippen molar-refractivity contribution in [2.24, 2.45) is 17.4 Å². The lowest BCUT2D eigenvalue weighted by atomic mass is 9.77. The first-order chi connectivity index (χ1) is 15.9. The number of halogens is 1. The molecule has 3 heterocycles. The minimum Gasteiger partial charge on any atom is -0.383 e. The van der Waals surface area contributed by atoms with Crippen molar-refractivity contribution in [3.05, 3.63) is 36.0 Å². The van der Waals surface area contributed by atoms with Gasteiger partial charge in [0.1, 0.15) is 5.82 Å². The van der Waals surface area contributed by atoms with Gasteiger partial charge < -0.3 is 26.8 Å². The highest BCUT2D eigenvalue weighted by molar-refractivity contribution is 6.00. The van der Waals surface area contributed by atoms with Crippen LogP contribution < -0.4 is 22.1 Å². The summed E-state index contributed by atoms with van der Waals surface area (Å²) < 4.78 is 21.8. The minimum atomic E-state index is -0.797. The molecule has 3 aromatic rings. The minimum absolute atomic E-state index is 0.0209. The molecule has 2 atom stereocenters. The molecule has 0 aromatic carbocycles. The van der Waals surface area contributed by atoms with Crippen LogP contribution in [0.2, 0.25) is 0 Å². The summed E-state index contributed by atoms with van der Waals surface area (Å²) in [6.45, 7) is 2.94. The Kier molecular flexibility index (Phi) is 6.70. The molecule has 176 valence electrons. The summed E-state index contributed by atoms with van der Waals surface area (Å²) in [5.41, 5.74) is 12.9. The number of nitrogens with zero attached hydrogens (tertiary/aromatic N) is 4. The number of hydrogen-bond donors (Lipinski definition) is 4. The van der Waals surface area contributed by atoms with E-state index in [0.717, 1.165) is 36.2 Å². The second-order valence-corrected chi connectivity index (χ2v) is 8.40. The highest BCUT2D eigenvalue weighted by Gasteiger charge is 2.31. The zero-order valence-electron chi connectivity index (χ0n) is 18.7. The van der Waals surface area contributed by atoms with Gasteiger partial charge >= 0.3 is 0 Å². The van der Waals surface area contributed by atoms with Gasteiger partial charge in [-0.1, -0.05) is 6.42 Å². The molecule has 1 saturated carbocycles. The highest BCUT2D eigenvalue weighted by atomic mass is 19.1. The molecular weight excluding hydrogens is 427 g/mol. The van der Waals surface area contributed by atoms with Gasteiger partial charge in [-0.3, -0.25) is 14.5 Å². The van der Waals surface area contributed by atoms with Crippen molar-refractivity contribution in [3.63, 3.8) is 0 Å². The molecule has 0 spiro atoms. The van der Waals surface area contributed by atoms with E-state index in [-0.39, 0.29) is 29.3 Å². The summed E-state index contributed by atoms with van der Waals surface area (Å²) in [5, 5.41) is 11.4. The summed E-state index contributed by atoms with van der Waals surface area (Å²) in [4.78, 5) is 20.7. The topological polar surface area (TPSA) is 146 Å². The first kappa shape index (κ1) is 22.9. The number of rotatable bonds is 10. The van der Waals surface area contributed by atoms with Crippen LogP contribution in [0.1, 0.15) is 36.5 Å². The van der Waals surface area contributed by atoms with Gasteiger partial charge in [0.05, 0.1) is 48.5 Å². The molecule has 1 amide bonds. The Labute approximate surface area is 190 Å². The third-order valence-electron chi connectivity index (χ3n) is 6.10. The number of nitrogens with one attached hydrogen (secondary N) is 2. The number of aromatic nitrogens is 4. The van der Waals surface area contributed by atoms with E-state index in [9.17, 15) is 9.18 Å². The van der Waals surface area contributed by atoms with E-state index in [1.54, 1.807) is 30.4 Å². The van der Waals surface area contributed by atoms with Crippen LogP contribution in [0.4, 0.5) is 21.7 Å². The lowest BCUT2D eigenvalue weighted by molar-refractivity contribution is 0.100. The monoisotopic (exact) mass is 456 g/mol. The molecule has 4 rings (SSSR count). The predicted molar refractivity (Wildman–Crippen MR) is 124 cm³/mol. The number of hydrogen-bond acceptors (Lipinski definition) is 8. The molecule has 1 fully saturated rings. The third kappa shape index (κ3) is 4.74. The van der Waals surface area contributed by atoms with Gasteiger partial charge in [-0.05, 0) is 31.7 Å². The molecule has 0 bridgehead atoms. The van der Waals surface area contributed by atoms with Crippen molar-refractivity contribution in [3.8, 4) is 0 Å². The Morgan fingerprint density at radius 2 is 2.12 bits per heavy atom. The van der Waals surface area contributed by atoms with E-state index < -0.39 is 11.7 Å². The van der Waals surface area contributed by atoms with Gasteiger partial charge in [0.15, 0.2) is 11.6 Å². The first-order valence-corrected chi connectivity index (χ1v) is 11.0. The van der Waals surface area contributed by atoms with Crippen molar-refractivity contribution in [1.82, 2.24) is 19.7 Å². The Hall–Kier alpha value is -3.31. The number of amides is 1. The number of methoxy groups -OCH3 is 1. The van der Waals surface area contributed by atoms with Crippen LogP contribution in [-0.4, -0.2) is 51.5 Å². The molecule has 0 saturated heterocycles. The van der Waals surface area contributed by atoms with Gasteiger partial charge in [-0.2, -0.15) is 5.10 Å². The molecule has 0 unspecified atom stereocenters. The fourth-order valence-electron chi connectivity index (χ4n) is 4.08. The molecule has 10 nitrogen and oxygen atoms in total. The number of carbonyl (C=O) groups is 1. The lowest BCUT2D eigenvalue weighted by Crippen LogP contribution is -2.46. The zero-order valence-corrected chi connectivity index (χ0v) is 18.7. The normalized spacial score (nSPS) is 15.8. The van der Waals surface area contributed by atoms with E-state index in [4.69, 9.17) is 16.2 Å². The molecule has 1 aliphatic rings. The fraction of sp³-hybridized carbons (Fsp3) is 0.455. The smallest absolute Gasteiger partial charge is 0.252 e. The average molecular weight is 457 g/mol. The van der Waals surface area contributed by atoms with Crippen LogP contribution in [-0.2, 0) is 11.3 Å². The van der Waals surface area contributed by atoms with E-state index in [1.165, 1.54) is 0 Å². The number of fused-ring (bicyclic) bond motifs is 1. The SMILES string of the molecule is COCCn1ncc2c(Nc3nc(N[C@H](C4CCC4)[C@H](C)N)c(F)cc3C(N)=O)cncc21. The van der Waals surface area contributed by atoms with Crippen LogP contribution >= 0.6 is 0 Å². The number of anilines is 3. The molecule has 6 N–H and O–H groups in total. The zero-order chi connectivity index (χ0) is 23.5. The van der Waals surface area contributed by atoms with Crippen LogP contribution in [0.5, 0.6) is 0 Å². The van der Waals surface area contributed by atoms with Crippen LogP contribution in [0, 0.1) is 11.7 Å². The van der Waals surface area contributed by atoms with E-state index in [0.29, 0.717) is 24.8 Å². The number of ether oxygens (including phenoxy) is 1. The van der Waals surface area contributed by atoms with Crippen LogP contribution in [0.25, 0.3) is 10.9 Å². The maximum atomic E-state index is 14.9. The number of carbonyl (C=O) groups excluding carboxylic acids is 1. The van der Waals surface area contributed by atoms with Crippen LogP contribution in [0.3, 0.4) is 0 Å². The first-order valence-electron chi connectivity index (χ1n) is 11.0. The van der Waals surface area contributed by atoms with Crippen LogP contribution in [0.15, 0.2) is 24.7 Å². The molecule has 33 heavy (non-hydrogen) atoms. The molecule has 1 aliphatic carbocycles. The quantitative estimate of drug-likeness (QED) is 0.364. The van der Waals surface area contributed by atoms with Gasteiger partial charge in [-0.15, -0.1) is 0 Å². The summed E-state index contributed by atoms with van der Waals surface area (Å²) in [7, 11) is 1.62.